The first-order valence-corrected chi connectivity index (χ1v) is 6.48. The fourth-order valence-electron chi connectivity index (χ4n) is 1.42. The van der Waals surface area contributed by atoms with Crippen LogP contribution in [0.4, 0.5) is 10.5 Å². The quantitative estimate of drug-likeness (QED) is 0.772. The molecule has 0 heterocycles. The van der Waals surface area contributed by atoms with Crippen molar-refractivity contribution in [2.45, 2.75) is 13.0 Å². The molecule has 1 unspecified atom stereocenters. The van der Waals surface area contributed by atoms with Gasteiger partial charge in [-0.15, -0.1) is 12.4 Å². The molecule has 3 N–H and O–H groups in total. The number of rotatable bonds is 5. The molecule has 7 heteroatoms. The molecule has 0 aliphatic heterocycles. The number of carbonyl (C=O) groups is 2. The van der Waals surface area contributed by atoms with Crippen molar-refractivity contribution in [3.63, 3.8) is 0 Å². The molecule has 0 fully saturated rings. The highest BCUT2D eigenvalue weighted by Crippen LogP contribution is 2.11. The molecule has 0 bridgehead atoms. The molecule has 0 spiro atoms. The minimum Gasteiger partial charge on any atom is -0.350 e. The van der Waals surface area contributed by atoms with Crippen molar-refractivity contribution in [1.29, 1.82) is 0 Å². The van der Waals surface area contributed by atoms with Gasteiger partial charge < -0.3 is 20.9 Å². The zero-order valence-electron chi connectivity index (χ0n) is 12.8. The third kappa shape index (κ3) is 6.46. The maximum absolute atomic E-state index is 12.0. The lowest BCUT2D eigenvalue weighted by Crippen LogP contribution is -2.37. The van der Waals surface area contributed by atoms with E-state index >= 15 is 0 Å². The summed E-state index contributed by atoms with van der Waals surface area (Å²) in [5.41, 5.74) is 1.11. The van der Waals surface area contributed by atoms with E-state index in [2.05, 4.69) is 16.0 Å². The number of hydrogen-bond acceptors (Lipinski definition) is 3. The summed E-state index contributed by atoms with van der Waals surface area (Å²) >= 11 is 0. The molecular weight excluding hydrogens is 292 g/mol. The lowest BCUT2D eigenvalue weighted by Gasteiger charge is -2.13. The lowest BCUT2D eigenvalue weighted by molar-refractivity contribution is 0.0950. The van der Waals surface area contributed by atoms with Crippen LogP contribution >= 0.6 is 12.4 Å². The minimum atomic E-state index is -0.230. The lowest BCUT2D eigenvalue weighted by atomic mass is 10.2. The van der Waals surface area contributed by atoms with Crippen LogP contribution in [0, 0.1) is 0 Å². The molecule has 0 aliphatic carbocycles. The number of benzene rings is 1. The van der Waals surface area contributed by atoms with E-state index in [1.165, 1.54) is 4.90 Å². The summed E-state index contributed by atoms with van der Waals surface area (Å²) in [6.07, 6.45) is 0. The molecule has 0 saturated heterocycles. The van der Waals surface area contributed by atoms with E-state index in [9.17, 15) is 9.59 Å². The molecule has 1 aromatic rings. The van der Waals surface area contributed by atoms with Gasteiger partial charge in [0, 0.05) is 37.9 Å². The fourth-order valence-corrected chi connectivity index (χ4v) is 1.42. The van der Waals surface area contributed by atoms with Gasteiger partial charge in [0.25, 0.3) is 5.91 Å². The standard InChI is InChI=1S/C14H22N4O2.ClH/c1-10(15-2)9-16-13(19)11-6-5-7-12(8-11)17-14(20)18(3)4;/h5-8,10,15H,9H2,1-4H3,(H,16,19)(H,17,20);1H. The number of amides is 3. The Kier molecular flexibility index (Phi) is 8.42. The van der Waals surface area contributed by atoms with Crippen LogP contribution in [0.3, 0.4) is 0 Å². The summed E-state index contributed by atoms with van der Waals surface area (Å²) in [4.78, 5) is 25.0. The molecule has 1 atom stereocenters. The van der Waals surface area contributed by atoms with Crippen LogP contribution in [-0.2, 0) is 0 Å². The van der Waals surface area contributed by atoms with Crippen LogP contribution in [0.2, 0.25) is 0 Å². The summed E-state index contributed by atoms with van der Waals surface area (Å²) in [5.74, 6) is -0.159. The third-order valence-corrected chi connectivity index (χ3v) is 2.84. The second-order valence-electron chi connectivity index (χ2n) is 4.81. The zero-order valence-corrected chi connectivity index (χ0v) is 13.6. The summed E-state index contributed by atoms with van der Waals surface area (Å²) in [6, 6.07) is 6.82. The molecule has 6 nitrogen and oxygen atoms in total. The molecule has 1 rings (SSSR count). The average molecular weight is 315 g/mol. The predicted molar refractivity (Wildman–Crippen MR) is 87.3 cm³/mol. The monoisotopic (exact) mass is 314 g/mol. The predicted octanol–water partition coefficient (Wildman–Crippen LogP) is 1.54. The Morgan fingerprint density at radius 2 is 1.95 bits per heavy atom. The van der Waals surface area contributed by atoms with E-state index in [1.807, 2.05) is 14.0 Å². The van der Waals surface area contributed by atoms with Crippen molar-refractivity contribution in [3.8, 4) is 0 Å². The molecule has 1 aromatic carbocycles. The van der Waals surface area contributed by atoms with Gasteiger partial charge in [-0.25, -0.2) is 4.79 Å². The summed E-state index contributed by atoms with van der Waals surface area (Å²) < 4.78 is 0. The van der Waals surface area contributed by atoms with Gasteiger partial charge in [-0.3, -0.25) is 4.79 Å². The average Bonchev–Trinajstić information content (AvgIpc) is 2.44. The van der Waals surface area contributed by atoms with E-state index in [0.717, 1.165) is 0 Å². The Hall–Kier alpha value is -1.79. The number of likely N-dealkylation sites (N-methyl/N-ethyl adjacent to an activating group) is 1. The summed E-state index contributed by atoms with van der Waals surface area (Å²) in [5, 5.41) is 8.58. The largest absolute Gasteiger partial charge is 0.350 e. The SMILES string of the molecule is CNC(C)CNC(=O)c1cccc(NC(=O)N(C)C)c1.Cl. The highest BCUT2D eigenvalue weighted by Gasteiger charge is 2.09. The minimum absolute atomic E-state index is 0. The van der Waals surface area contributed by atoms with Gasteiger partial charge in [-0.2, -0.15) is 0 Å². The highest BCUT2D eigenvalue weighted by molar-refractivity contribution is 5.96. The molecule has 0 aliphatic rings. The van der Waals surface area contributed by atoms with E-state index in [-0.39, 0.29) is 30.4 Å². The van der Waals surface area contributed by atoms with Gasteiger partial charge in [-0.1, -0.05) is 6.07 Å². The Morgan fingerprint density at radius 3 is 2.52 bits per heavy atom. The maximum Gasteiger partial charge on any atom is 0.321 e. The van der Waals surface area contributed by atoms with Crippen LogP contribution < -0.4 is 16.0 Å². The second-order valence-corrected chi connectivity index (χ2v) is 4.81. The van der Waals surface area contributed by atoms with E-state index in [1.54, 1.807) is 38.4 Å². The third-order valence-electron chi connectivity index (χ3n) is 2.84. The van der Waals surface area contributed by atoms with Crippen molar-refractivity contribution in [1.82, 2.24) is 15.5 Å². The Bertz CT molecular complexity index is 480. The van der Waals surface area contributed by atoms with Crippen LogP contribution in [0.1, 0.15) is 17.3 Å². The van der Waals surface area contributed by atoms with Crippen molar-refractivity contribution >= 4 is 30.0 Å². The number of halogens is 1. The van der Waals surface area contributed by atoms with Gasteiger partial charge in [0.05, 0.1) is 0 Å². The van der Waals surface area contributed by atoms with Crippen molar-refractivity contribution < 1.29 is 9.59 Å². The fraction of sp³-hybridized carbons (Fsp3) is 0.429. The molecule has 0 aromatic heterocycles. The molecule has 21 heavy (non-hydrogen) atoms. The van der Waals surface area contributed by atoms with Crippen molar-refractivity contribution in [2.75, 3.05) is 33.0 Å². The van der Waals surface area contributed by atoms with E-state index < -0.39 is 0 Å². The first-order valence-electron chi connectivity index (χ1n) is 6.48. The van der Waals surface area contributed by atoms with Crippen LogP contribution in [0.25, 0.3) is 0 Å². The van der Waals surface area contributed by atoms with Crippen molar-refractivity contribution in [3.05, 3.63) is 29.8 Å². The first-order chi connectivity index (χ1) is 9.43. The van der Waals surface area contributed by atoms with Gasteiger partial charge in [0.15, 0.2) is 0 Å². The highest BCUT2D eigenvalue weighted by atomic mass is 35.5. The first kappa shape index (κ1) is 19.2. The second kappa shape index (κ2) is 9.20. The van der Waals surface area contributed by atoms with Gasteiger partial charge in [-0.05, 0) is 32.2 Å². The molecular formula is C14H23ClN4O2. The normalized spacial score (nSPS) is 11.0. The Balaban J connectivity index is 0.00000400. The number of urea groups is 1. The van der Waals surface area contributed by atoms with E-state index in [4.69, 9.17) is 0 Å². The number of carbonyl (C=O) groups excluding carboxylic acids is 2. The zero-order chi connectivity index (χ0) is 15.1. The number of anilines is 1. The Labute approximate surface area is 131 Å². The molecule has 0 radical (unpaired) electrons. The van der Waals surface area contributed by atoms with Gasteiger partial charge in [0.1, 0.15) is 0 Å². The number of nitrogens with zero attached hydrogens (tertiary/aromatic N) is 1. The summed E-state index contributed by atoms with van der Waals surface area (Å²) in [7, 11) is 5.16. The van der Waals surface area contributed by atoms with E-state index in [0.29, 0.717) is 17.8 Å². The smallest absolute Gasteiger partial charge is 0.321 e. The Morgan fingerprint density at radius 1 is 1.29 bits per heavy atom. The van der Waals surface area contributed by atoms with Crippen LogP contribution in [0.15, 0.2) is 24.3 Å². The molecule has 0 saturated carbocycles. The van der Waals surface area contributed by atoms with Gasteiger partial charge >= 0.3 is 6.03 Å². The van der Waals surface area contributed by atoms with Gasteiger partial charge in [0.2, 0.25) is 0 Å². The number of hydrogen-bond donors (Lipinski definition) is 3. The van der Waals surface area contributed by atoms with Crippen LogP contribution in [0.5, 0.6) is 0 Å². The molecule has 118 valence electrons. The van der Waals surface area contributed by atoms with Crippen LogP contribution in [-0.4, -0.2) is 50.6 Å². The number of nitrogens with one attached hydrogen (secondary N) is 3. The molecule has 3 amide bonds. The maximum atomic E-state index is 12.0. The summed E-state index contributed by atoms with van der Waals surface area (Å²) in [6.45, 7) is 2.53. The topological polar surface area (TPSA) is 73.5 Å². The van der Waals surface area contributed by atoms with Crippen molar-refractivity contribution in [2.24, 2.45) is 0 Å².